The number of carbonyl (C=O) groups is 2. The summed E-state index contributed by atoms with van der Waals surface area (Å²) >= 11 is 1.47. The van der Waals surface area contributed by atoms with Crippen LogP contribution in [0.1, 0.15) is 80.6 Å². The minimum absolute atomic E-state index is 0.0528. The predicted octanol–water partition coefficient (Wildman–Crippen LogP) is 4.85. The van der Waals surface area contributed by atoms with Gasteiger partial charge in [0.05, 0.1) is 20.9 Å². The minimum Gasteiger partial charge on any atom is -0.447 e. The van der Waals surface area contributed by atoms with Gasteiger partial charge in [0.2, 0.25) is 10.0 Å². The van der Waals surface area contributed by atoms with E-state index < -0.39 is 22.4 Å². The Labute approximate surface area is 234 Å². The quantitative estimate of drug-likeness (QED) is 0.253. The van der Waals surface area contributed by atoms with Gasteiger partial charge in [-0.15, -0.1) is 11.3 Å². The Morgan fingerprint density at radius 2 is 1.82 bits per heavy atom. The molecule has 0 bridgehead atoms. The number of methoxy groups -OCH3 is 2. The van der Waals surface area contributed by atoms with Crippen molar-refractivity contribution in [1.29, 1.82) is 0 Å². The lowest BCUT2D eigenvalue weighted by atomic mass is 9.86. The molecule has 2 N–H and O–H groups in total. The first kappa shape index (κ1) is 31.2. The van der Waals surface area contributed by atoms with Crippen LogP contribution < -0.4 is 10.0 Å². The molecular weight excluding hydrogens is 542 g/mol. The van der Waals surface area contributed by atoms with Gasteiger partial charge in [-0.05, 0) is 45.6 Å². The number of sulfonamides is 1. The van der Waals surface area contributed by atoms with Crippen LogP contribution in [0.25, 0.3) is 10.4 Å². The molecule has 0 spiro atoms. The summed E-state index contributed by atoms with van der Waals surface area (Å²) in [6.07, 6.45) is 4.51. The fourth-order valence-electron chi connectivity index (χ4n) is 4.61. The number of hydrogen-bond donors (Lipinski definition) is 2. The molecule has 0 atom stereocenters. The van der Waals surface area contributed by atoms with E-state index in [2.05, 4.69) is 15.0 Å². The monoisotopic (exact) mass is 581 g/mol. The van der Waals surface area contributed by atoms with Crippen molar-refractivity contribution in [2.24, 2.45) is 0 Å². The third-order valence-electron chi connectivity index (χ3n) is 6.59. The SMILES string of the molecule is CCNS(=O)(=O)c1cc(C(=O)CCC(OC)OC)ccc1-c1cnc(C2CCC(NC(=O)OC(C)C)CC2)s1. The summed E-state index contributed by atoms with van der Waals surface area (Å²) in [4.78, 5) is 30.2. The van der Waals surface area contributed by atoms with Crippen molar-refractivity contribution in [1.82, 2.24) is 15.0 Å². The maximum atomic E-state index is 13.1. The summed E-state index contributed by atoms with van der Waals surface area (Å²) in [5.74, 6) is 0.0355. The zero-order valence-corrected chi connectivity index (χ0v) is 24.8. The molecule has 1 aromatic carbocycles. The third-order valence-corrected chi connectivity index (χ3v) is 9.37. The summed E-state index contributed by atoms with van der Waals surface area (Å²) in [6.45, 7) is 5.56. The van der Waals surface area contributed by atoms with Crippen molar-refractivity contribution in [2.45, 2.75) is 88.5 Å². The van der Waals surface area contributed by atoms with Crippen LogP contribution in [0.5, 0.6) is 0 Å². The van der Waals surface area contributed by atoms with Gasteiger partial charge in [0.25, 0.3) is 0 Å². The molecule has 10 nitrogen and oxygen atoms in total. The largest absolute Gasteiger partial charge is 0.447 e. The molecule has 0 aliphatic heterocycles. The third kappa shape index (κ3) is 8.55. The summed E-state index contributed by atoms with van der Waals surface area (Å²) < 4.78 is 44.3. The van der Waals surface area contributed by atoms with E-state index in [1.165, 1.54) is 31.6 Å². The van der Waals surface area contributed by atoms with Gasteiger partial charge in [-0.1, -0.05) is 19.1 Å². The van der Waals surface area contributed by atoms with E-state index in [-0.39, 0.29) is 41.7 Å². The fourth-order valence-corrected chi connectivity index (χ4v) is 7.09. The molecule has 1 amide bonds. The van der Waals surface area contributed by atoms with Crippen LogP contribution >= 0.6 is 11.3 Å². The van der Waals surface area contributed by atoms with E-state index in [0.717, 1.165) is 35.6 Å². The molecule has 12 heteroatoms. The zero-order chi connectivity index (χ0) is 28.6. The Morgan fingerprint density at radius 3 is 2.44 bits per heavy atom. The van der Waals surface area contributed by atoms with Crippen molar-refractivity contribution in [2.75, 3.05) is 20.8 Å². The lowest BCUT2D eigenvalue weighted by Gasteiger charge is -2.28. The van der Waals surface area contributed by atoms with E-state index in [9.17, 15) is 18.0 Å². The number of benzene rings is 1. The number of hydrogen-bond acceptors (Lipinski definition) is 9. The molecule has 3 rings (SSSR count). The van der Waals surface area contributed by atoms with Gasteiger partial charge < -0.3 is 19.5 Å². The maximum Gasteiger partial charge on any atom is 0.407 e. The number of aromatic nitrogens is 1. The highest BCUT2D eigenvalue weighted by Gasteiger charge is 2.28. The number of Topliss-reactive ketones (excluding diaryl/α,β-unsaturated/α-hetero) is 1. The van der Waals surface area contributed by atoms with Crippen molar-refractivity contribution in [3.05, 3.63) is 35.0 Å². The Morgan fingerprint density at radius 1 is 1.13 bits per heavy atom. The number of ketones is 1. The fraction of sp³-hybridized carbons (Fsp3) is 0.593. The highest BCUT2D eigenvalue weighted by molar-refractivity contribution is 7.89. The smallest absolute Gasteiger partial charge is 0.407 e. The van der Waals surface area contributed by atoms with E-state index in [0.29, 0.717) is 17.5 Å². The van der Waals surface area contributed by atoms with Gasteiger partial charge in [-0.2, -0.15) is 0 Å². The van der Waals surface area contributed by atoms with Gasteiger partial charge in [0.1, 0.15) is 0 Å². The molecule has 1 aromatic heterocycles. The topological polar surface area (TPSA) is 133 Å². The van der Waals surface area contributed by atoms with E-state index >= 15 is 0 Å². The van der Waals surface area contributed by atoms with Crippen molar-refractivity contribution in [3.8, 4) is 10.4 Å². The number of alkyl carbamates (subject to hydrolysis) is 1. The van der Waals surface area contributed by atoms with Crippen LogP contribution in [0.3, 0.4) is 0 Å². The van der Waals surface area contributed by atoms with Crippen molar-refractivity contribution >= 4 is 33.2 Å². The average Bonchev–Trinajstić information content (AvgIpc) is 3.39. The first-order valence-corrected chi connectivity index (χ1v) is 15.5. The molecule has 1 fully saturated rings. The van der Waals surface area contributed by atoms with Crippen LogP contribution in [0.4, 0.5) is 4.79 Å². The maximum absolute atomic E-state index is 13.1. The normalized spacial score (nSPS) is 17.9. The highest BCUT2D eigenvalue weighted by Crippen LogP contribution is 2.39. The number of amides is 1. The molecule has 39 heavy (non-hydrogen) atoms. The van der Waals surface area contributed by atoms with Crippen molar-refractivity contribution in [3.63, 3.8) is 0 Å². The first-order valence-electron chi connectivity index (χ1n) is 13.2. The number of ether oxygens (including phenoxy) is 3. The molecule has 0 saturated heterocycles. The predicted molar refractivity (Wildman–Crippen MR) is 150 cm³/mol. The standard InChI is InChI=1S/C27H39N3O7S2/c1-6-29-39(33,34)24-15-19(22(31)13-14-25(35-4)36-5)9-12-21(24)23-16-28-26(38-23)18-7-10-20(11-8-18)30-27(32)37-17(2)3/h9,12,15-18,20,25,29H,6-8,10-11,13-14H2,1-5H3,(H,30,32). The zero-order valence-electron chi connectivity index (χ0n) is 23.2. The lowest BCUT2D eigenvalue weighted by molar-refractivity contribution is -0.105. The summed E-state index contributed by atoms with van der Waals surface area (Å²) in [6, 6.07) is 4.84. The Kier molecular flexibility index (Phi) is 11.4. The first-order chi connectivity index (χ1) is 18.6. The molecule has 2 aromatic rings. The van der Waals surface area contributed by atoms with Crippen LogP contribution in [0.2, 0.25) is 0 Å². The van der Waals surface area contributed by atoms with Gasteiger partial charge >= 0.3 is 6.09 Å². The van der Waals surface area contributed by atoms with Gasteiger partial charge in [-0.25, -0.2) is 22.9 Å². The number of thiazole rings is 1. The molecule has 1 aliphatic carbocycles. The molecule has 1 saturated carbocycles. The van der Waals surface area contributed by atoms with Gasteiger partial charge in [-0.3, -0.25) is 4.79 Å². The highest BCUT2D eigenvalue weighted by atomic mass is 32.2. The Hall–Kier alpha value is -2.38. The molecule has 0 unspecified atom stereocenters. The second-order valence-corrected chi connectivity index (χ2v) is 12.6. The molecule has 0 radical (unpaired) electrons. The number of rotatable bonds is 13. The van der Waals surface area contributed by atoms with Crippen LogP contribution in [0, 0.1) is 0 Å². The minimum atomic E-state index is -3.85. The van der Waals surface area contributed by atoms with Crippen molar-refractivity contribution < 1.29 is 32.2 Å². The molecule has 1 heterocycles. The van der Waals surface area contributed by atoms with E-state index in [4.69, 9.17) is 14.2 Å². The molecule has 1 aliphatic rings. The van der Waals surface area contributed by atoms with Gasteiger partial charge in [0, 0.05) is 62.9 Å². The summed E-state index contributed by atoms with van der Waals surface area (Å²) in [7, 11) is -0.845. The van der Waals surface area contributed by atoms with E-state index in [1.807, 2.05) is 13.8 Å². The Bertz CT molecular complexity index is 1220. The number of carbonyl (C=O) groups excluding carboxylic acids is 2. The lowest BCUT2D eigenvalue weighted by Crippen LogP contribution is -2.38. The molecular formula is C27H39N3O7S2. The average molecular weight is 582 g/mol. The van der Waals surface area contributed by atoms with Crippen LogP contribution in [0.15, 0.2) is 29.3 Å². The van der Waals surface area contributed by atoms with Crippen LogP contribution in [-0.4, -0.2) is 64.5 Å². The number of nitrogens with zero attached hydrogens (tertiary/aromatic N) is 1. The summed E-state index contributed by atoms with van der Waals surface area (Å²) in [5.41, 5.74) is 0.822. The second kappa shape index (κ2) is 14.3. The van der Waals surface area contributed by atoms with Crippen LogP contribution in [-0.2, 0) is 24.2 Å². The second-order valence-electron chi connectivity index (χ2n) is 9.78. The number of nitrogens with one attached hydrogen (secondary N) is 2. The molecule has 216 valence electrons. The van der Waals surface area contributed by atoms with E-state index in [1.54, 1.807) is 25.3 Å². The summed E-state index contributed by atoms with van der Waals surface area (Å²) in [5, 5.41) is 3.87. The Balaban J connectivity index is 1.78. The van der Waals surface area contributed by atoms with Gasteiger partial charge in [0.15, 0.2) is 12.1 Å².